The first-order chi connectivity index (χ1) is 3.27. The average molecular weight is 146 g/mol. The van der Waals surface area contributed by atoms with Gasteiger partial charge < -0.3 is 0 Å². The molecule has 1 N–H and O–H groups in total. The summed E-state index contributed by atoms with van der Waals surface area (Å²) in [7, 11) is 0. The molecule has 0 radical (unpaired) electrons. The fourth-order valence-electron chi connectivity index (χ4n) is 0.0593. The Balaban J connectivity index is 2.82. The Hall–Kier alpha value is 0.350. The minimum Gasteiger partial charge on any atom is -0.283 e. The van der Waals surface area contributed by atoms with E-state index < -0.39 is 17.4 Å². The summed E-state index contributed by atoms with van der Waals surface area (Å²) in [4.78, 5) is 0. The Labute approximate surface area is 46.9 Å². The van der Waals surface area contributed by atoms with Crippen LogP contribution in [0.25, 0.3) is 0 Å². The molecule has 7 heavy (non-hydrogen) atoms. The monoisotopic (exact) mass is 146 g/mol. The van der Waals surface area contributed by atoms with Gasteiger partial charge in [0, 0.05) is 12.0 Å². The Morgan fingerprint density at radius 1 is 2.00 bits per heavy atom. The van der Waals surface area contributed by atoms with Crippen LogP contribution in [0.2, 0.25) is 0 Å². The molecule has 0 aromatic rings. The standard InChI is InChI=1S/CH3FO3S2/c2-1-6-5-7(3)4/h1H2,(H,3,4). The van der Waals surface area contributed by atoms with Crippen LogP contribution < -0.4 is 0 Å². The Morgan fingerprint density at radius 3 is 2.71 bits per heavy atom. The van der Waals surface area contributed by atoms with Gasteiger partial charge in [-0.2, -0.15) is 7.84 Å². The van der Waals surface area contributed by atoms with Gasteiger partial charge in [0.05, 0.1) is 0 Å². The lowest BCUT2D eigenvalue weighted by molar-refractivity contribution is 0.479. The molecule has 1 atom stereocenters. The SMILES string of the molecule is O=S(O)OSCF. The molecular weight excluding hydrogens is 143 g/mol. The van der Waals surface area contributed by atoms with E-state index in [2.05, 4.69) is 3.63 Å². The molecule has 0 aromatic heterocycles. The third kappa shape index (κ3) is 6.35. The molecule has 0 bridgehead atoms. The van der Waals surface area contributed by atoms with E-state index in [4.69, 9.17) is 4.55 Å². The minimum absolute atomic E-state index is 0.299. The van der Waals surface area contributed by atoms with Crippen LogP contribution in [0.4, 0.5) is 4.39 Å². The molecule has 0 amide bonds. The van der Waals surface area contributed by atoms with Crippen LogP contribution in [0.3, 0.4) is 0 Å². The predicted molar refractivity (Wildman–Crippen MR) is 25.4 cm³/mol. The molecule has 0 aromatic carbocycles. The summed E-state index contributed by atoms with van der Waals surface area (Å²) in [6.07, 6.45) is 0. The van der Waals surface area contributed by atoms with Crippen molar-refractivity contribution in [3.8, 4) is 0 Å². The molecule has 0 heterocycles. The molecule has 6 heteroatoms. The molecule has 0 saturated carbocycles. The molecule has 0 fully saturated rings. The molecular formula is CH3FO3S2. The van der Waals surface area contributed by atoms with Crippen LogP contribution in [-0.4, -0.2) is 14.8 Å². The van der Waals surface area contributed by atoms with Gasteiger partial charge in [-0.3, -0.25) is 4.55 Å². The van der Waals surface area contributed by atoms with Crippen molar-refractivity contribution in [3.05, 3.63) is 0 Å². The van der Waals surface area contributed by atoms with Crippen molar-refractivity contribution in [1.82, 2.24) is 0 Å². The van der Waals surface area contributed by atoms with Gasteiger partial charge >= 0.3 is 11.4 Å². The van der Waals surface area contributed by atoms with Crippen molar-refractivity contribution < 1.29 is 16.8 Å². The van der Waals surface area contributed by atoms with Gasteiger partial charge in [-0.15, -0.1) is 0 Å². The maximum atomic E-state index is 10.9. The Bertz CT molecular complexity index is 66.0. The second kappa shape index (κ2) is 4.51. The summed E-state index contributed by atoms with van der Waals surface area (Å²) in [5.41, 5.74) is 0. The summed E-state index contributed by atoms with van der Waals surface area (Å²) in [5, 5.41) is 0. The van der Waals surface area contributed by atoms with Gasteiger partial charge in [-0.1, -0.05) is 0 Å². The number of hydrogen-bond acceptors (Lipinski definition) is 3. The summed E-state index contributed by atoms with van der Waals surface area (Å²) >= 11 is -2.04. The molecule has 0 aliphatic rings. The lowest BCUT2D eigenvalue weighted by Gasteiger charge is -1.85. The third-order valence-corrected chi connectivity index (χ3v) is 1.09. The molecule has 0 spiro atoms. The van der Waals surface area contributed by atoms with Crippen LogP contribution in [-0.2, 0) is 15.0 Å². The highest BCUT2D eigenvalue weighted by molar-refractivity contribution is 8.01. The number of alkyl halides is 1. The molecule has 3 nitrogen and oxygen atoms in total. The Morgan fingerprint density at radius 2 is 2.57 bits per heavy atom. The predicted octanol–water partition coefficient (Wildman–Crippen LogP) is 0.715. The molecule has 0 saturated heterocycles. The molecule has 0 rings (SSSR count). The molecule has 44 valence electrons. The first kappa shape index (κ1) is 7.35. The van der Waals surface area contributed by atoms with Gasteiger partial charge in [0.15, 0.2) is 6.01 Å². The molecule has 0 aliphatic heterocycles. The number of rotatable bonds is 3. The maximum Gasteiger partial charge on any atom is 0.313 e. The second-order valence-electron chi connectivity index (χ2n) is 0.512. The van der Waals surface area contributed by atoms with Crippen molar-refractivity contribution in [2.45, 2.75) is 0 Å². The van der Waals surface area contributed by atoms with Gasteiger partial charge in [-0.25, -0.2) is 4.39 Å². The van der Waals surface area contributed by atoms with Crippen molar-refractivity contribution in [2.24, 2.45) is 0 Å². The average Bonchev–Trinajstić information content (AvgIpc) is 1.61. The number of halogens is 1. The largest absolute Gasteiger partial charge is 0.313 e. The quantitative estimate of drug-likeness (QED) is 0.470. The fourth-order valence-corrected chi connectivity index (χ4v) is 0.534. The van der Waals surface area contributed by atoms with Crippen molar-refractivity contribution in [1.29, 1.82) is 0 Å². The third-order valence-electron chi connectivity index (χ3n) is 0.151. The van der Waals surface area contributed by atoms with E-state index in [0.717, 1.165) is 0 Å². The number of hydrogen-bond donors (Lipinski definition) is 1. The lowest BCUT2D eigenvalue weighted by atomic mass is 11.8. The summed E-state index contributed by atoms with van der Waals surface area (Å²) < 4.78 is 31.9. The molecule has 0 aliphatic carbocycles. The Kier molecular flexibility index (Phi) is 4.73. The summed E-state index contributed by atoms with van der Waals surface area (Å²) in [6, 6.07) is -0.813. The zero-order chi connectivity index (χ0) is 5.70. The van der Waals surface area contributed by atoms with E-state index in [1.807, 2.05) is 0 Å². The zero-order valence-corrected chi connectivity index (χ0v) is 4.80. The molecule has 1 unspecified atom stereocenters. The lowest BCUT2D eigenvalue weighted by Crippen LogP contribution is -1.84. The van der Waals surface area contributed by atoms with Gasteiger partial charge in [0.1, 0.15) is 0 Å². The van der Waals surface area contributed by atoms with Crippen LogP contribution in [0.15, 0.2) is 0 Å². The van der Waals surface area contributed by atoms with E-state index in [1.54, 1.807) is 0 Å². The van der Waals surface area contributed by atoms with Crippen LogP contribution in [0.1, 0.15) is 0 Å². The van der Waals surface area contributed by atoms with Gasteiger partial charge in [-0.05, 0) is 0 Å². The van der Waals surface area contributed by atoms with Crippen LogP contribution in [0.5, 0.6) is 0 Å². The fraction of sp³-hybridized carbons (Fsp3) is 1.00. The van der Waals surface area contributed by atoms with Gasteiger partial charge in [0.25, 0.3) is 0 Å². The highest BCUT2D eigenvalue weighted by Crippen LogP contribution is 2.02. The van der Waals surface area contributed by atoms with E-state index in [-0.39, 0.29) is 0 Å². The van der Waals surface area contributed by atoms with E-state index in [9.17, 15) is 8.60 Å². The summed E-state index contributed by atoms with van der Waals surface area (Å²) in [5.74, 6) is 0. The van der Waals surface area contributed by atoms with E-state index >= 15 is 0 Å². The maximum absolute atomic E-state index is 10.9. The topological polar surface area (TPSA) is 46.5 Å². The van der Waals surface area contributed by atoms with Crippen molar-refractivity contribution in [2.75, 3.05) is 6.01 Å². The normalized spacial score (nSPS) is 14.0. The first-order valence-electron chi connectivity index (χ1n) is 1.24. The highest BCUT2D eigenvalue weighted by atomic mass is 32.3. The zero-order valence-electron chi connectivity index (χ0n) is 3.17. The summed E-state index contributed by atoms with van der Waals surface area (Å²) in [6.45, 7) is 0. The minimum atomic E-state index is -2.34. The van der Waals surface area contributed by atoms with Gasteiger partial charge in [0.2, 0.25) is 0 Å². The second-order valence-corrected chi connectivity index (χ2v) is 1.94. The van der Waals surface area contributed by atoms with E-state index in [1.165, 1.54) is 0 Å². The van der Waals surface area contributed by atoms with Crippen molar-refractivity contribution in [3.63, 3.8) is 0 Å². The van der Waals surface area contributed by atoms with Crippen LogP contribution in [0, 0.1) is 0 Å². The van der Waals surface area contributed by atoms with E-state index in [0.29, 0.717) is 12.0 Å². The first-order valence-corrected chi connectivity index (χ1v) is 3.18. The van der Waals surface area contributed by atoms with Crippen LogP contribution >= 0.6 is 12.0 Å². The van der Waals surface area contributed by atoms with Crippen molar-refractivity contribution >= 4 is 23.4 Å². The highest BCUT2D eigenvalue weighted by Gasteiger charge is 1.90. The smallest absolute Gasteiger partial charge is 0.283 e.